The lowest BCUT2D eigenvalue weighted by Gasteiger charge is -2.10. The predicted molar refractivity (Wildman–Crippen MR) is 106 cm³/mol. The van der Waals surface area contributed by atoms with E-state index in [9.17, 15) is 0 Å². The van der Waals surface area contributed by atoms with E-state index in [1.807, 2.05) is 30.5 Å². The maximum absolute atomic E-state index is 6.13. The average molecular weight is 354 g/mol. The zero-order chi connectivity index (χ0) is 18.8. The van der Waals surface area contributed by atoms with Crippen LogP contribution in [0.5, 0.6) is 0 Å². The van der Waals surface area contributed by atoms with Crippen LogP contribution in [0.25, 0.3) is 11.2 Å². The minimum atomic E-state index is -0.00790. The number of nitrogens with two attached hydrogens (primary N) is 3. The molecule has 8 heteroatoms. The zero-order valence-electron chi connectivity index (χ0n) is 15.5. The summed E-state index contributed by atoms with van der Waals surface area (Å²) in [5.74, 6) is 1.68. The second-order valence-corrected chi connectivity index (χ2v) is 6.61. The average Bonchev–Trinajstić information content (AvgIpc) is 2.94. The fourth-order valence-corrected chi connectivity index (χ4v) is 2.92. The van der Waals surface area contributed by atoms with Gasteiger partial charge in [-0.05, 0) is 32.4 Å². The summed E-state index contributed by atoms with van der Waals surface area (Å²) in [6, 6.07) is 6.00. The van der Waals surface area contributed by atoms with Crippen LogP contribution >= 0.6 is 0 Å². The van der Waals surface area contributed by atoms with E-state index in [1.165, 1.54) is 0 Å². The van der Waals surface area contributed by atoms with Gasteiger partial charge in [-0.3, -0.25) is 0 Å². The number of fused-ring (bicyclic) bond motifs is 1. The van der Waals surface area contributed by atoms with Crippen molar-refractivity contribution in [3.8, 4) is 0 Å². The molecule has 0 aliphatic rings. The summed E-state index contributed by atoms with van der Waals surface area (Å²) in [5, 5.41) is 3.12. The quantitative estimate of drug-likeness (QED) is 0.495. The Bertz CT molecular complexity index is 929. The van der Waals surface area contributed by atoms with Gasteiger partial charge in [0, 0.05) is 31.2 Å². The van der Waals surface area contributed by atoms with Crippen molar-refractivity contribution in [2.45, 2.75) is 39.8 Å². The maximum Gasteiger partial charge on any atom is 0.226 e. The van der Waals surface area contributed by atoms with Crippen molar-refractivity contribution in [1.82, 2.24) is 19.5 Å². The van der Waals surface area contributed by atoms with Gasteiger partial charge >= 0.3 is 0 Å². The fraction of sp³-hybridized carbons (Fsp3) is 0.389. The largest absolute Gasteiger partial charge is 0.398 e. The Balaban J connectivity index is 2.03. The molecule has 138 valence electrons. The Hall–Kier alpha value is -2.87. The van der Waals surface area contributed by atoms with Gasteiger partial charge in [0.25, 0.3) is 0 Å². The third-order valence-electron chi connectivity index (χ3n) is 4.25. The summed E-state index contributed by atoms with van der Waals surface area (Å²) in [6.07, 6.45) is 0.611. The van der Waals surface area contributed by atoms with Crippen LogP contribution in [0.4, 0.5) is 17.5 Å². The standard InChI is InChI=1S/C18H26N8/c1-4-26-14(8-12-7-10(2)5-6-13(12)20)23-15-16(21)24-18(25-17(15)26)22-9-11(3)19/h5-7,11H,4,8-9,19-20H2,1-3H3,(H3,21,22,24,25). The van der Waals surface area contributed by atoms with E-state index in [1.54, 1.807) is 0 Å². The lowest BCUT2D eigenvalue weighted by Crippen LogP contribution is -2.26. The molecule has 0 bridgehead atoms. The van der Waals surface area contributed by atoms with E-state index in [4.69, 9.17) is 22.2 Å². The van der Waals surface area contributed by atoms with Crippen LogP contribution in [-0.4, -0.2) is 32.1 Å². The van der Waals surface area contributed by atoms with Gasteiger partial charge in [0.2, 0.25) is 5.95 Å². The number of aryl methyl sites for hydroxylation is 2. The molecule has 3 aromatic rings. The number of aromatic nitrogens is 4. The highest BCUT2D eigenvalue weighted by atomic mass is 15.2. The molecule has 2 heterocycles. The molecule has 2 aromatic heterocycles. The number of nitrogen functional groups attached to an aromatic ring is 2. The number of rotatable bonds is 6. The molecule has 8 nitrogen and oxygen atoms in total. The second kappa shape index (κ2) is 7.17. The first-order valence-corrected chi connectivity index (χ1v) is 8.76. The van der Waals surface area contributed by atoms with Gasteiger partial charge in [-0.1, -0.05) is 17.7 Å². The first-order valence-electron chi connectivity index (χ1n) is 8.76. The monoisotopic (exact) mass is 354 g/mol. The van der Waals surface area contributed by atoms with Crippen molar-refractivity contribution in [2.75, 3.05) is 23.3 Å². The molecule has 1 aromatic carbocycles. The molecular weight excluding hydrogens is 328 g/mol. The van der Waals surface area contributed by atoms with E-state index in [0.29, 0.717) is 35.9 Å². The van der Waals surface area contributed by atoms with E-state index < -0.39 is 0 Å². The maximum atomic E-state index is 6.13. The molecule has 0 spiro atoms. The second-order valence-electron chi connectivity index (χ2n) is 6.61. The topological polar surface area (TPSA) is 134 Å². The smallest absolute Gasteiger partial charge is 0.226 e. The number of hydrogen-bond acceptors (Lipinski definition) is 7. The summed E-state index contributed by atoms with van der Waals surface area (Å²) in [7, 11) is 0. The normalized spacial score (nSPS) is 12.5. The summed E-state index contributed by atoms with van der Waals surface area (Å²) >= 11 is 0. The minimum Gasteiger partial charge on any atom is -0.398 e. The molecule has 3 rings (SSSR count). The lowest BCUT2D eigenvalue weighted by molar-refractivity contribution is 0.726. The third kappa shape index (κ3) is 3.55. The Morgan fingerprint density at radius 2 is 1.96 bits per heavy atom. The molecule has 0 amide bonds. The highest BCUT2D eigenvalue weighted by Crippen LogP contribution is 2.24. The minimum absolute atomic E-state index is 0.00790. The molecule has 0 saturated carbocycles. The molecule has 7 N–H and O–H groups in total. The Morgan fingerprint density at radius 3 is 2.65 bits per heavy atom. The van der Waals surface area contributed by atoms with Crippen LogP contribution in [0.15, 0.2) is 18.2 Å². The Kier molecular flexibility index (Phi) is 4.94. The van der Waals surface area contributed by atoms with Crippen molar-refractivity contribution in [3.05, 3.63) is 35.2 Å². The number of nitrogens with zero attached hydrogens (tertiary/aromatic N) is 4. The molecule has 0 radical (unpaired) electrons. The lowest BCUT2D eigenvalue weighted by atomic mass is 10.1. The highest BCUT2D eigenvalue weighted by molar-refractivity contribution is 5.83. The molecule has 1 unspecified atom stereocenters. The van der Waals surface area contributed by atoms with E-state index in [0.717, 1.165) is 29.2 Å². The van der Waals surface area contributed by atoms with Crippen molar-refractivity contribution in [2.24, 2.45) is 5.73 Å². The van der Waals surface area contributed by atoms with Crippen LogP contribution in [0.1, 0.15) is 30.8 Å². The van der Waals surface area contributed by atoms with Crippen LogP contribution in [-0.2, 0) is 13.0 Å². The number of imidazole rings is 1. The van der Waals surface area contributed by atoms with Gasteiger partial charge in [0.1, 0.15) is 5.82 Å². The Labute approximate surface area is 152 Å². The summed E-state index contributed by atoms with van der Waals surface area (Å²) in [4.78, 5) is 13.6. The highest BCUT2D eigenvalue weighted by Gasteiger charge is 2.17. The van der Waals surface area contributed by atoms with Gasteiger partial charge in [-0.2, -0.15) is 9.97 Å². The van der Waals surface area contributed by atoms with Crippen molar-refractivity contribution < 1.29 is 0 Å². The van der Waals surface area contributed by atoms with Crippen molar-refractivity contribution in [3.63, 3.8) is 0 Å². The Morgan fingerprint density at radius 1 is 1.19 bits per heavy atom. The van der Waals surface area contributed by atoms with E-state index in [2.05, 4.69) is 28.3 Å². The van der Waals surface area contributed by atoms with Gasteiger partial charge in [0.15, 0.2) is 17.0 Å². The van der Waals surface area contributed by atoms with Crippen LogP contribution in [0.2, 0.25) is 0 Å². The van der Waals surface area contributed by atoms with E-state index >= 15 is 0 Å². The van der Waals surface area contributed by atoms with Crippen molar-refractivity contribution in [1.29, 1.82) is 0 Å². The van der Waals surface area contributed by atoms with Gasteiger partial charge in [-0.25, -0.2) is 4.98 Å². The first-order chi connectivity index (χ1) is 12.4. The number of nitrogens with one attached hydrogen (secondary N) is 1. The number of hydrogen-bond donors (Lipinski definition) is 4. The SMILES string of the molecule is CCn1c(Cc2cc(C)ccc2N)nc2c(N)nc(NCC(C)N)nc21. The molecular formula is C18H26N8. The molecule has 0 saturated heterocycles. The summed E-state index contributed by atoms with van der Waals surface area (Å²) in [6.45, 7) is 7.30. The number of benzene rings is 1. The first kappa shape index (κ1) is 17.9. The predicted octanol–water partition coefficient (Wildman–Crippen LogP) is 1.67. The number of anilines is 3. The molecule has 26 heavy (non-hydrogen) atoms. The summed E-state index contributed by atoms with van der Waals surface area (Å²) < 4.78 is 2.05. The molecule has 0 fully saturated rings. The van der Waals surface area contributed by atoms with Crippen LogP contribution < -0.4 is 22.5 Å². The molecule has 1 atom stereocenters. The van der Waals surface area contributed by atoms with Gasteiger partial charge < -0.3 is 27.1 Å². The fourth-order valence-electron chi connectivity index (χ4n) is 2.92. The van der Waals surface area contributed by atoms with Crippen LogP contribution in [0, 0.1) is 6.92 Å². The molecule has 0 aliphatic heterocycles. The third-order valence-corrected chi connectivity index (χ3v) is 4.25. The zero-order valence-corrected chi connectivity index (χ0v) is 15.5. The molecule has 0 aliphatic carbocycles. The van der Waals surface area contributed by atoms with E-state index in [-0.39, 0.29) is 6.04 Å². The van der Waals surface area contributed by atoms with Gasteiger partial charge in [0.05, 0.1) is 0 Å². The van der Waals surface area contributed by atoms with Crippen LogP contribution in [0.3, 0.4) is 0 Å². The van der Waals surface area contributed by atoms with Gasteiger partial charge in [-0.15, -0.1) is 0 Å². The summed E-state index contributed by atoms with van der Waals surface area (Å²) in [5.41, 5.74) is 22.3. The van der Waals surface area contributed by atoms with Crippen molar-refractivity contribution >= 4 is 28.6 Å².